The summed E-state index contributed by atoms with van der Waals surface area (Å²) in [6.45, 7) is 4.99. The van der Waals surface area contributed by atoms with Gasteiger partial charge < -0.3 is 15.0 Å². The number of hydrogen-bond donors (Lipinski definition) is 1. The Morgan fingerprint density at radius 2 is 2.04 bits per heavy atom. The van der Waals surface area contributed by atoms with Crippen molar-refractivity contribution in [2.45, 2.75) is 32.2 Å². The summed E-state index contributed by atoms with van der Waals surface area (Å²) >= 11 is 5.86. The second kappa shape index (κ2) is 9.19. The van der Waals surface area contributed by atoms with Crippen LogP contribution in [-0.4, -0.2) is 59.1 Å². The molecule has 0 atom stereocenters. The average molecular weight is 392 g/mol. The summed E-state index contributed by atoms with van der Waals surface area (Å²) in [5.41, 5.74) is 1.28. The molecule has 146 valence electrons. The first-order valence-electron chi connectivity index (χ1n) is 9.32. The Morgan fingerprint density at radius 3 is 2.74 bits per heavy atom. The molecule has 0 bridgehead atoms. The second-order valence-electron chi connectivity index (χ2n) is 6.83. The van der Waals surface area contributed by atoms with Crippen LogP contribution in [0.15, 0.2) is 24.3 Å². The smallest absolute Gasteiger partial charge is 0.276 e. The van der Waals surface area contributed by atoms with Crippen LogP contribution < -0.4 is 10.1 Å². The Morgan fingerprint density at radius 1 is 1.33 bits per heavy atom. The van der Waals surface area contributed by atoms with Gasteiger partial charge in [-0.05, 0) is 63.5 Å². The Bertz CT molecular complexity index is 756. The predicted octanol–water partition coefficient (Wildman–Crippen LogP) is 2.71. The first-order valence-corrected chi connectivity index (χ1v) is 9.70. The monoisotopic (exact) mass is 391 g/mol. The van der Waals surface area contributed by atoms with Gasteiger partial charge in [-0.25, -0.2) is 4.68 Å². The Kier molecular flexibility index (Phi) is 6.68. The maximum absolute atomic E-state index is 12.7. The molecule has 1 aliphatic rings. The normalized spacial score (nSPS) is 14.9. The summed E-state index contributed by atoms with van der Waals surface area (Å²) in [6, 6.07) is 7.57. The zero-order valence-electron chi connectivity index (χ0n) is 15.8. The maximum atomic E-state index is 12.7. The third-order valence-corrected chi connectivity index (χ3v) is 5.10. The number of ether oxygens (including phenoxy) is 1. The van der Waals surface area contributed by atoms with Crippen LogP contribution in [0.1, 0.15) is 41.5 Å². The molecule has 1 aromatic heterocycles. The third-order valence-electron chi connectivity index (χ3n) is 4.85. The fraction of sp³-hybridized carbons (Fsp3) is 0.526. The highest BCUT2D eigenvalue weighted by atomic mass is 35.5. The topological polar surface area (TPSA) is 72.3 Å². The van der Waals surface area contributed by atoms with E-state index in [-0.39, 0.29) is 5.91 Å². The van der Waals surface area contributed by atoms with Crippen molar-refractivity contribution in [1.82, 2.24) is 25.2 Å². The number of amides is 1. The highest BCUT2D eigenvalue weighted by Crippen LogP contribution is 2.21. The van der Waals surface area contributed by atoms with Gasteiger partial charge in [0.25, 0.3) is 5.91 Å². The van der Waals surface area contributed by atoms with Crippen LogP contribution in [0.3, 0.4) is 0 Å². The zero-order chi connectivity index (χ0) is 19.2. The van der Waals surface area contributed by atoms with Crippen LogP contribution in [0.2, 0.25) is 5.02 Å². The van der Waals surface area contributed by atoms with E-state index >= 15 is 0 Å². The molecule has 0 aliphatic carbocycles. The number of nitrogens with one attached hydrogen (secondary N) is 1. The van der Waals surface area contributed by atoms with Crippen molar-refractivity contribution in [3.8, 4) is 5.75 Å². The molecule has 2 heterocycles. The number of nitrogens with zero attached hydrogens (tertiary/aromatic N) is 4. The summed E-state index contributed by atoms with van der Waals surface area (Å²) in [7, 11) is 1.79. The molecule has 1 fully saturated rings. The molecule has 0 radical (unpaired) electrons. The average Bonchev–Trinajstić information content (AvgIpc) is 3.08. The van der Waals surface area contributed by atoms with Crippen LogP contribution in [0.4, 0.5) is 0 Å². The van der Waals surface area contributed by atoms with Crippen molar-refractivity contribution in [2.75, 3.05) is 33.3 Å². The van der Waals surface area contributed by atoms with Crippen LogP contribution >= 0.6 is 11.6 Å². The number of carbonyl (C=O) groups is 1. The van der Waals surface area contributed by atoms with Crippen LogP contribution in [0.25, 0.3) is 0 Å². The summed E-state index contributed by atoms with van der Waals surface area (Å²) in [6.07, 6.45) is 2.75. The molecule has 1 N–H and O–H groups in total. The molecule has 7 nitrogen and oxygen atoms in total. The van der Waals surface area contributed by atoms with Gasteiger partial charge in [0.1, 0.15) is 5.75 Å². The molecule has 0 spiro atoms. The fourth-order valence-electron chi connectivity index (χ4n) is 3.24. The highest BCUT2D eigenvalue weighted by molar-refractivity contribution is 6.30. The van der Waals surface area contributed by atoms with Crippen molar-refractivity contribution in [1.29, 1.82) is 0 Å². The molecular weight excluding hydrogens is 366 g/mol. The van der Waals surface area contributed by atoms with E-state index in [2.05, 4.69) is 15.6 Å². The van der Waals surface area contributed by atoms with E-state index in [1.165, 1.54) is 0 Å². The summed E-state index contributed by atoms with van der Waals surface area (Å²) in [5.74, 6) is 0.674. The fourth-order valence-corrected chi connectivity index (χ4v) is 3.37. The number of piperidine rings is 1. The van der Waals surface area contributed by atoms with Crippen molar-refractivity contribution in [3.63, 3.8) is 0 Å². The first-order chi connectivity index (χ1) is 13.1. The quantitative estimate of drug-likeness (QED) is 0.735. The second-order valence-corrected chi connectivity index (χ2v) is 7.27. The van der Waals surface area contributed by atoms with Gasteiger partial charge in [0, 0.05) is 18.6 Å². The third kappa shape index (κ3) is 4.99. The highest BCUT2D eigenvalue weighted by Gasteiger charge is 2.24. The SMILES string of the molecule is Cc1c(C(=O)N(C)CCCOc2ccc(Cl)cc2)nnn1C1CCNCC1. The lowest BCUT2D eigenvalue weighted by molar-refractivity contribution is 0.0781. The van der Waals surface area contributed by atoms with Gasteiger partial charge in [-0.3, -0.25) is 4.79 Å². The molecular formula is C19H26ClN5O2. The predicted molar refractivity (Wildman–Crippen MR) is 104 cm³/mol. The van der Waals surface area contributed by atoms with E-state index < -0.39 is 0 Å². The van der Waals surface area contributed by atoms with Crippen LogP contribution in [-0.2, 0) is 0 Å². The van der Waals surface area contributed by atoms with E-state index in [1.54, 1.807) is 24.1 Å². The van der Waals surface area contributed by atoms with Crippen LogP contribution in [0, 0.1) is 6.92 Å². The lowest BCUT2D eigenvalue weighted by atomic mass is 10.1. The molecule has 3 rings (SSSR count). The number of rotatable bonds is 7. The number of benzene rings is 1. The number of halogens is 1. The van der Waals surface area contributed by atoms with Crippen LogP contribution in [0.5, 0.6) is 5.75 Å². The lowest BCUT2D eigenvalue weighted by Crippen LogP contribution is -2.31. The van der Waals surface area contributed by atoms with Crippen molar-refractivity contribution in [3.05, 3.63) is 40.7 Å². The number of carbonyl (C=O) groups excluding carboxylic acids is 1. The summed E-state index contributed by atoms with van der Waals surface area (Å²) in [4.78, 5) is 14.4. The number of aromatic nitrogens is 3. The minimum atomic E-state index is -0.0980. The Hall–Kier alpha value is -2.12. The minimum Gasteiger partial charge on any atom is -0.494 e. The summed E-state index contributed by atoms with van der Waals surface area (Å²) in [5, 5.41) is 12.4. The molecule has 8 heteroatoms. The van der Waals surface area contributed by atoms with E-state index in [9.17, 15) is 4.79 Å². The molecule has 1 saturated heterocycles. The van der Waals surface area contributed by atoms with Gasteiger partial charge in [0.05, 0.1) is 18.3 Å². The standard InChI is InChI=1S/C19H26ClN5O2/c1-14-18(22-23-25(14)16-8-10-21-11-9-16)19(26)24(2)12-3-13-27-17-6-4-15(20)5-7-17/h4-7,16,21H,3,8-13H2,1-2H3. The Labute approximate surface area is 164 Å². The van der Waals surface area contributed by atoms with Crippen molar-refractivity contribution in [2.24, 2.45) is 0 Å². The van der Waals surface area contributed by atoms with Crippen molar-refractivity contribution < 1.29 is 9.53 Å². The van der Waals surface area contributed by atoms with Gasteiger partial charge in [-0.1, -0.05) is 16.8 Å². The molecule has 1 amide bonds. The molecule has 1 aliphatic heterocycles. The van der Waals surface area contributed by atoms with Gasteiger partial charge >= 0.3 is 0 Å². The minimum absolute atomic E-state index is 0.0980. The van der Waals surface area contributed by atoms with Gasteiger partial charge in [0.2, 0.25) is 0 Å². The van der Waals surface area contributed by atoms with Gasteiger partial charge in [-0.15, -0.1) is 5.10 Å². The van der Waals surface area contributed by atoms with Gasteiger partial charge in [0.15, 0.2) is 5.69 Å². The number of hydrogen-bond acceptors (Lipinski definition) is 5. The maximum Gasteiger partial charge on any atom is 0.276 e. The first kappa shape index (κ1) is 19.6. The summed E-state index contributed by atoms with van der Waals surface area (Å²) < 4.78 is 7.58. The van der Waals surface area contributed by atoms with Crippen molar-refractivity contribution >= 4 is 17.5 Å². The van der Waals surface area contributed by atoms with E-state index in [4.69, 9.17) is 16.3 Å². The molecule has 2 aromatic rings. The zero-order valence-corrected chi connectivity index (χ0v) is 16.6. The van der Waals surface area contributed by atoms with E-state index in [0.717, 1.165) is 43.8 Å². The molecule has 27 heavy (non-hydrogen) atoms. The molecule has 0 saturated carbocycles. The molecule has 1 aromatic carbocycles. The van der Waals surface area contributed by atoms with Gasteiger partial charge in [-0.2, -0.15) is 0 Å². The van der Waals surface area contributed by atoms with E-state index in [0.29, 0.717) is 29.9 Å². The lowest BCUT2D eigenvalue weighted by Gasteiger charge is -2.23. The molecule has 0 unspecified atom stereocenters. The Balaban J connectivity index is 1.49. The van der Waals surface area contributed by atoms with E-state index in [1.807, 2.05) is 23.7 Å². The largest absolute Gasteiger partial charge is 0.494 e.